The number of carbonyl (C=O) groups excluding carboxylic acids is 2. The molecule has 1 aliphatic carbocycles. The van der Waals surface area contributed by atoms with Gasteiger partial charge in [-0.2, -0.15) is 0 Å². The summed E-state index contributed by atoms with van der Waals surface area (Å²) in [5.74, 6) is -0.121. The molecule has 1 amide bonds. The molecule has 3 rings (SSSR count). The summed E-state index contributed by atoms with van der Waals surface area (Å²) < 4.78 is 5.43. The number of carbonyl (C=O) groups is 2. The van der Waals surface area contributed by atoms with Crippen molar-refractivity contribution < 1.29 is 14.3 Å². The van der Waals surface area contributed by atoms with E-state index in [2.05, 4.69) is 12.2 Å². The first-order chi connectivity index (χ1) is 12.4. The molecule has 4 nitrogen and oxygen atoms in total. The van der Waals surface area contributed by atoms with E-state index in [0.29, 0.717) is 27.1 Å². The number of ether oxygens (including phenoxy) is 1. The number of fused-ring (bicyclic) bond motifs is 1. The van der Waals surface area contributed by atoms with Crippen LogP contribution in [0.15, 0.2) is 24.3 Å². The lowest BCUT2D eigenvalue weighted by Gasteiger charge is -2.18. The van der Waals surface area contributed by atoms with E-state index in [9.17, 15) is 9.59 Å². The van der Waals surface area contributed by atoms with Gasteiger partial charge in [0.05, 0.1) is 22.3 Å². The van der Waals surface area contributed by atoms with E-state index in [-0.39, 0.29) is 18.0 Å². The number of nitrogens with one attached hydrogen (secondary N) is 1. The predicted molar refractivity (Wildman–Crippen MR) is 105 cm³/mol. The molecule has 1 heterocycles. The average Bonchev–Trinajstić information content (AvgIpc) is 2.91. The third kappa shape index (κ3) is 3.94. The number of hydrogen-bond donors (Lipinski definition) is 1. The summed E-state index contributed by atoms with van der Waals surface area (Å²) in [6.07, 6.45) is 2.57. The number of esters is 1. The van der Waals surface area contributed by atoms with Crippen LogP contribution in [0, 0.1) is 5.92 Å². The van der Waals surface area contributed by atoms with Crippen LogP contribution in [0.1, 0.15) is 58.3 Å². The topological polar surface area (TPSA) is 55.4 Å². The Kier molecular flexibility index (Phi) is 5.68. The summed E-state index contributed by atoms with van der Waals surface area (Å²) in [7, 11) is 0. The molecule has 2 aromatic rings. The molecule has 0 aliphatic heterocycles. The standard InChI is InChI=1S/C20H22ClNO3S/c1-11(2)25-20(24)17-14-9-8-12(3)10-16(14)26-19(17)22-18(23)13-6-4-5-7-15(13)21/h4-7,11-12H,8-10H2,1-3H3,(H,22,23)/t12-/m1/s1. The molecular weight excluding hydrogens is 370 g/mol. The molecule has 26 heavy (non-hydrogen) atoms. The molecule has 1 aromatic carbocycles. The van der Waals surface area contributed by atoms with Gasteiger partial charge in [-0.3, -0.25) is 4.79 Å². The van der Waals surface area contributed by atoms with E-state index in [4.69, 9.17) is 16.3 Å². The van der Waals surface area contributed by atoms with Crippen molar-refractivity contribution in [2.24, 2.45) is 5.92 Å². The van der Waals surface area contributed by atoms with Crippen molar-refractivity contribution in [2.75, 3.05) is 5.32 Å². The molecule has 0 bridgehead atoms. The number of anilines is 1. The number of benzene rings is 1. The van der Waals surface area contributed by atoms with Gasteiger partial charge < -0.3 is 10.1 Å². The number of amides is 1. The molecule has 0 saturated heterocycles. The quantitative estimate of drug-likeness (QED) is 0.715. The van der Waals surface area contributed by atoms with Gasteiger partial charge in [-0.1, -0.05) is 30.7 Å². The molecule has 0 spiro atoms. The largest absolute Gasteiger partial charge is 0.459 e. The Morgan fingerprint density at radius 3 is 2.73 bits per heavy atom. The zero-order valence-corrected chi connectivity index (χ0v) is 16.7. The summed E-state index contributed by atoms with van der Waals surface area (Å²) in [5.41, 5.74) is 1.91. The van der Waals surface area contributed by atoms with Crippen LogP contribution in [0.2, 0.25) is 5.02 Å². The third-order valence-corrected chi connectivity index (χ3v) is 5.90. The number of hydrogen-bond acceptors (Lipinski definition) is 4. The van der Waals surface area contributed by atoms with Gasteiger partial charge in [0.2, 0.25) is 0 Å². The number of halogens is 1. The highest BCUT2D eigenvalue weighted by Crippen LogP contribution is 2.40. The summed E-state index contributed by atoms with van der Waals surface area (Å²) in [6.45, 7) is 5.85. The second-order valence-corrected chi connectivity index (χ2v) is 8.46. The first-order valence-electron chi connectivity index (χ1n) is 8.78. The van der Waals surface area contributed by atoms with Crippen LogP contribution < -0.4 is 5.32 Å². The van der Waals surface area contributed by atoms with E-state index >= 15 is 0 Å². The minimum Gasteiger partial charge on any atom is -0.459 e. The van der Waals surface area contributed by atoms with Gasteiger partial charge in [-0.05, 0) is 56.7 Å². The lowest BCUT2D eigenvalue weighted by atomic mass is 9.88. The molecule has 1 aromatic heterocycles. The smallest absolute Gasteiger partial charge is 0.341 e. The van der Waals surface area contributed by atoms with Crippen molar-refractivity contribution in [1.82, 2.24) is 0 Å². The molecule has 1 N–H and O–H groups in total. The van der Waals surface area contributed by atoms with Crippen LogP contribution in [-0.4, -0.2) is 18.0 Å². The van der Waals surface area contributed by atoms with Gasteiger partial charge in [0.15, 0.2) is 0 Å². The van der Waals surface area contributed by atoms with Crippen LogP contribution in [0.3, 0.4) is 0 Å². The minimum absolute atomic E-state index is 0.215. The fourth-order valence-corrected chi connectivity index (χ4v) is 4.76. The van der Waals surface area contributed by atoms with Crippen molar-refractivity contribution in [2.45, 2.75) is 46.1 Å². The van der Waals surface area contributed by atoms with Crippen molar-refractivity contribution in [3.05, 3.63) is 50.9 Å². The molecular formula is C20H22ClNO3S. The molecule has 0 saturated carbocycles. The van der Waals surface area contributed by atoms with Crippen LogP contribution in [0.25, 0.3) is 0 Å². The highest BCUT2D eigenvalue weighted by molar-refractivity contribution is 7.17. The Morgan fingerprint density at radius 2 is 2.04 bits per heavy atom. The SMILES string of the molecule is CC(C)OC(=O)c1c(NC(=O)c2ccccc2Cl)sc2c1CC[C@@H](C)C2. The molecule has 6 heteroatoms. The molecule has 0 unspecified atom stereocenters. The van der Waals surface area contributed by atoms with Gasteiger partial charge in [0, 0.05) is 4.88 Å². The van der Waals surface area contributed by atoms with Crippen LogP contribution >= 0.6 is 22.9 Å². The van der Waals surface area contributed by atoms with Crippen molar-refractivity contribution in [3.8, 4) is 0 Å². The molecule has 1 aliphatic rings. The lowest BCUT2D eigenvalue weighted by Crippen LogP contribution is -2.18. The van der Waals surface area contributed by atoms with E-state index in [1.54, 1.807) is 24.3 Å². The van der Waals surface area contributed by atoms with E-state index in [1.165, 1.54) is 11.3 Å². The Balaban J connectivity index is 1.96. The summed E-state index contributed by atoms with van der Waals surface area (Å²) in [5, 5.41) is 3.82. The van der Waals surface area contributed by atoms with Crippen molar-refractivity contribution in [1.29, 1.82) is 0 Å². The normalized spacial score (nSPS) is 16.3. The van der Waals surface area contributed by atoms with Crippen molar-refractivity contribution >= 4 is 39.8 Å². The van der Waals surface area contributed by atoms with E-state index < -0.39 is 0 Å². The zero-order chi connectivity index (χ0) is 18.8. The van der Waals surface area contributed by atoms with Gasteiger partial charge >= 0.3 is 5.97 Å². The second kappa shape index (κ2) is 7.80. The second-order valence-electron chi connectivity index (χ2n) is 6.94. The maximum atomic E-state index is 12.7. The van der Waals surface area contributed by atoms with Crippen LogP contribution in [-0.2, 0) is 17.6 Å². The highest BCUT2D eigenvalue weighted by atomic mass is 35.5. The molecule has 0 fully saturated rings. The molecule has 1 atom stereocenters. The zero-order valence-electron chi connectivity index (χ0n) is 15.1. The van der Waals surface area contributed by atoms with Gasteiger partial charge in [0.1, 0.15) is 5.00 Å². The fourth-order valence-electron chi connectivity index (χ4n) is 3.14. The van der Waals surface area contributed by atoms with Crippen molar-refractivity contribution in [3.63, 3.8) is 0 Å². The van der Waals surface area contributed by atoms with E-state index in [1.807, 2.05) is 13.8 Å². The first-order valence-corrected chi connectivity index (χ1v) is 9.97. The molecule has 138 valence electrons. The maximum Gasteiger partial charge on any atom is 0.341 e. The highest BCUT2D eigenvalue weighted by Gasteiger charge is 2.30. The summed E-state index contributed by atoms with van der Waals surface area (Å²) in [6, 6.07) is 6.87. The summed E-state index contributed by atoms with van der Waals surface area (Å²) >= 11 is 7.60. The maximum absolute atomic E-state index is 12.7. The lowest BCUT2D eigenvalue weighted by molar-refractivity contribution is 0.0378. The Labute approximate surface area is 162 Å². The fraction of sp³-hybridized carbons (Fsp3) is 0.400. The Bertz CT molecular complexity index is 844. The number of rotatable bonds is 4. The third-order valence-electron chi connectivity index (χ3n) is 4.40. The van der Waals surface area contributed by atoms with Crippen LogP contribution in [0.5, 0.6) is 0 Å². The monoisotopic (exact) mass is 391 g/mol. The first kappa shape index (κ1) is 18.9. The summed E-state index contributed by atoms with van der Waals surface area (Å²) in [4.78, 5) is 26.5. The predicted octanol–water partition coefficient (Wildman–Crippen LogP) is 5.34. The van der Waals surface area contributed by atoms with Crippen LogP contribution in [0.4, 0.5) is 5.00 Å². The Hall–Kier alpha value is -1.85. The Morgan fingerprint density at radius 1 is 1.31 bits per heavy atom. The van der Waals surface area contributed by atoms with E-state index in [0.717, 1.165) is 29.7 Å². The van der Waals surface area contributed by atoms with Gasteiger partial charge in [0.25, 0.3) is 5.91 Å². The minimum atomic E-state index is -0.374. The van der Waals surface area contributed by atoms with Gasteiger partial charge in [-0.25, -0.2) is 4.79 Å². The molecule has 0 radical (unpaired) electrons. The average molecular weight is 392 g/mol. The van der Waals surface area contributed by atoms with Gasteiger partial charge in [-0.15, -0.1) is 11.3 Å². The number of thiophene rings is 1.